The number of hydrogen-bond donors (Lipinski definition) is 1. The Morgan fingerprint density at radius 3 is 2.05 bits per heavy atom. The van der Waals surface area contributed by atoms with Crippen LogP contribution in [0.3, 0.4) is 0 Å². The summed E-state index contributed by atoms with van der Waals surface area (Å²) in [5, 5.41) is 8.99. The third-order valence-electron chi connectivity index (χ3n) is 3.87. The molecule has 0 radical (unpaired) electrons. The van der Waals surface area contributed by atoms with Gasteiger partial charge in [-0.25, -0.2) is 22.0 Å². The van der Waals surface area contributed by atoms with Crippen molar-refractivity contribution in [2.75, 3.05) is 13.2 Å². The highest BCUT2D eigenvalue weighted by molar-refractivity contribution is 5.24. The third kappa shape index (κ3) is 3.18. The average Bonchev–Trinajstić information content (AvgIpc) is 2.49. The van der Waals surface area contributed by atoms with E-state index in [2.05, 4.69) is 0 Å². The topological polar surface area (TPSA) is 23.5 Å². The van der Waals surface area contributed by atoms with E-state index in [0.29, 0.717) is 13.0 Å². The van der Waals surface area contributed by atoms with Gasteiger partial charge in [-0.15, -0.1) is 0 Å². The second-order valence-electron chi connectivity index (χ2n) is 5.18. The summed E-state index contributed by atoms with van der Waals surface area (Å²) >= 11 is 0. The molecule has 0 aromatic heterocycles. The zero-order chi connectivity index (χ0) is 15.6. The van der Waals surface area contributed by atoms with Crippen molar-refractivity contribution in [3.63, 3.8) is 0 Å². The van der Waals surface area contributed by atoms with Crippen LogP contribution in [0.4, 0.5) is 22.0 Å². The van der Waals surface area contributed by atoms with Crippen molar-refractivity contribution in [1.82, 2.24) is 4.90 Å². The fraction of sp³-hybridized carbons (Fsp3) is 0.571. The first kappa shape index (κ1) is 16.2. The highest BCUT2D eigenvalue weighted by atomic mass is 19.2. The Morgan fingerprint density at radius 1 is 0.905 bits per heavy atom. The summed E-state index contributed by atoms with van der Waals surface area (Å²) in [6.07, 6.45) is 2.85. The van der Waals surface area contributed by atoms with E-state index in [1.165, 1.54) is 0 Å². The first-order valence-corrected chi connectivity index (χ1v) is 6.82. The lowest BCUT2D eigenvalue weighted by Gasteiger charge is -2.35. The summed E-state index contributed by atoms with van der Waals surface area (Å²) in [6.45, 7) is 0.0683. The number of halogens is 5. The van der Waals surface area contributed by atoms with Crippen molar-refractivity contribution in [2.24, 2.45) is 0 Å². The fourth-order valence-electron chi connectivity index (χ4n) is 2.74. The average molecular weight is 309 g/mol. The Kier molecular flexibility index (Phi) is 5.16. The van der Waals surface area contributed by atoms with Gasteiger partial charge in [0.2, 0.25) is 5.82 Å². The summed E-state index contributed by atoms with van der Waals surface area (Å²) in [5.74, 6) is -9.53. The quantitative estimate of drug-likeness (QED) is 0.525. The number of nitrogens with zero attached hydrogens (tertiary/aromatic N) is 1. The second-order valence-corrected chi connectivity index (χ2v) is 5.18. The lowest BCUT2D eigenvalue weighted by atomic mass is 9.98. The van der Waals surface area contributed by atoms with Crippen LogP contribution in [-0.4, -0.2) is 29.2 Å². The van der Waals surface area contributed by atoms with E-state index < -0.39 is 34.6 Å². The zero-order valence-corrected chi connectivity index (χ0v) is 11.3. The van der Waals surface area contributed by atoms with E-state index in [1.54, 1.807) is 4.90 Å². The molecule has 1 saturated heterocycles. The van der Waals surface area contributed by atoms with Gasteiger partial charge in [-0.05, 0) is 25.8 Å². The molecule has 1 aromatic rings. The number of piperidine rings is 1. The molecule has 0 aliphatic carbocycles. The largest absolute Gasteiger partial charge is 0.396 e. The van der Waals surface area contributed by atoms with Crippen LogP contribution >= 0.6 is 0 Å². The summed E-state index contributed by atoms with van der Waals surface area (Å²) in [6, 6.07) is -0.112. The lowest BCUT2D eigenvalue weighted by Crippen LogP contribution is -2.40. The molecule has 2 nitrogen and oxygen atoms in total. The minimum atomic E-state index is -2.14. The predicted octanol–water partition coefficient (Wildman–Crippen LogP) is 3.12. The molecule has 1 heterocycles. The normalized spacial score (nSPS) is 20.0. The summed E-state index contributed by atoms with van der Waals surface area (Å²) in [5.41, 5.74) is -0.809. The Morgan fingerprint density at radius 2 is 1.48 bits per heavy atom. The number of aliphatic hydroxyl groups excluding tert-OH is 1. The predicted molar refractivity (Wildman–Crippen MR) is 66.0 cm³/mol. The summed E-state index contributed by atoms with van der Waals surface area (Å²) in [4.78, 5) is 1.66. The van der Waals surface area contributed by atoms with Gasteiger partial charge in [0.15, 0.2) is 23.3 Å². The first-order valence-electron chi connectivity index (χ1n) is 6.82. The third-order valence-corrected chi connectivity index (χ3v) is 3.87. The van der Waals surface area contributed by atoms with E-state index in [1.807, 2.05) is 0 Å². The molecular formula is C14H16F5NO. The SMILES string of the molecule is OCCC1CCCCN1Cc1c(F)c(F)c(F)c(F)c1F. The van der Waals surface area contributed by atoms with Crippen LogP contribution in [0.1, 0.15) is 31.2 Å². The Balaban J connectivity index is 2.30. The molecule has 0 spiro atoms. The second kappa shape index (κ2) is 6.70. The van der Waals surface area contributed by atoms with Gasteiger partial charge in [-0.1, -0.05) is 6.42 Å². The van der Waals surface area contributed by atoms with Crippen LogP contribution in [-0.2, 0) is 6.54 Å². The standard InChI is InChI=1S/C14H16F5NO/c15-10-9(11(16)13(18)14(19)12(10)17)7-20-5-2-1-3-8(20)4-6-21/h8,21H,1-7H2. The minimum absolute atomic E-state index is 0.0850. The van der Waals surface area contributed by atoms with Crippen molar-refractivity contribution in [1.29, 1.82) is 0 Å². The molecule has 1 N–H and O–H groups in total. The zero-order valence-electron chi connectivity index (χ0n) is 11.3. The molecule has 21 heavy (non-hydrogen) atoms. The Labute approximate surface area is 119 Å². The van der Waals surface area contributed by atoms with E-state index in [0.717, 1.165) is 19.3 Å². The molecule has 2 rings (SSSR count). The molecule has 1 aliphatic rings. The maximum Gasteiger partial charge on any atom is 0.200 e. The monoisotopic (exact) mass is 309 g/mol. The Hall–Kier alpha value is -1.21. The minimum Gasteiger partial charge on any atom is -0.396 e. The van der Waals surface area contributed by atoms with E-state index in [-0.39, 0.29) is 19.2 Å². The number of hydrogen-bond acceptors (Lipinski definition) is 2. The van der Waals surface area contributed by atoms with Crippen LogP contribution in [0.15, 0.2) is 0 Å². The molecule has 1 aromatic carbocycles. The summed E-state index contributed by atoms with van der Waals surface area (Å²) in [7, 11) is 0. The van der Waals surface area contributed by atoms with E-state index in [9.17, 15) is 22.0 Å². The highest BCUT2D eigenvalue weighted by Crippen LogP contribution is 2.27. The van der Waals surface area contributed by atoms with Crippen molar-refractivity contribution in [2.45, 2.75) is 38.3 Å². The maximum absolute atomic E-state index is 13.7. The van der Waals surface area contributed by atoms with Gasteiger partial charge >= 0.3 is 0 Å². The Bertz CT molecular complexity index is 492. The molecule has 1 atom stereocenters. The van der Waals surface area contributed by atoms with Gasteiger partial charge in [0.1, 0.15) is 0 Å². The van der Waals surface area contributed by atoms with Crippen LogP contribution in [0.2, 0.25) is 0 Å². The van der Waals surface area contributed by atoms with Crippen molar-refractivity contribution in [3.8, 4) is 0 Å². The van der Waals surface area contributed by atoms with Crippen molar-refractivity contribution in [3.05, 3.63) is 34.6 Å². The van der Waals surface area contributed by atoms with Gasteiger partial charge in [0.25, 0.3) is 0 Å². The number of benzene rings is 1. The van der Waals surface area contributed by atoms with E-state index >= 15 is 0 Å². The van der Waals surface area contributed by atoms with Crippen LogP contribution < -0.4 is 0 Å². The van der Waals surface area contributed by atoms with Crippen LogP contribution in [0, 0.1) is 29.1 Å². The summed E-state index contributed by atoms with van der Waals surface area (Å²) < 4.78 is 66.7. The van der Waals surface area contributed by atoms with Crippen LogP contribution in [0.25, 0.3) is 0 Å². The molecule has 0 bridgehead atoms. The number of rotatable bonds is 4. The molecule has 0 amide bonds. The lowest BCUT2D eigenvalue weighted by molar-refractivity contribution is 0.109. The molecule has 1 fully saturated rings. The van der Waals surface area contributed by atoms with Gasteiger partial charge in [0.05, 0.1) is 0 Å². The number of aliphatic hydroxyl groups is 1. The van der Waals surface area contributed by atoms with Gasteiger partial charge in [-0.3, -0.25) is 4.90 Å². The van der Waals surface area contributed by atoms with Crippen molar-refractivity contribution >= 4 is 0 Å². The van der Waals surface area contributed by atoms with Crippen LogP contribution in [0.5, 0.6) is 0 Å². The fourth-order valence-corrected chi connectivity index (χ4v) is 2.74. The smallest absolute Gasteiger partial charge is 0.200 e. The number of likely N-dealkylation sites (tertiary alicyclic amines) is 1. The first-order chi connectivity index (χ1) is 9.97. The van der Waals surface area contributed by atoms with Gasteiger partial charge in [-0.2, -0.15) is 0 Å². The molecular weight excluding hydrogens is 293 g/mol. The molecule has 118 valence electrons. The molecule has 7 heteroatoms. The highest BCUT2D eigenvalue weighted by Gasteiger charge is 2.29. The molecule has 1 aliphatic heterocycles. The van der Waals surface area contributed by atoms with Gasteiger partial charge < -0.3 is 5.11 Å². The molecule has 1 unspecified atom stereocenters. The van der Waals surface area contributed by atoms with E-state index in [4.69, 9.17) is 5.11 Å². The van der Waals surface area contributed by atoms with Crippen molar-refractivity contribution < 1.29 is 27.1 Å². The maximum atomic E-state index is 13.7. The molecule has 0 saturated carbocycles. The van der Waals surface area contributed by atoms with Gasteiger partial charge in [0, 0.05) is 24.8 Å².